The summed E-state index contributed by atoms with van der Waals surface area (Å²) in [5, 5.41) is 8.71. The van der Waals surface area contributed by atoms with Crippen LogP contribution in [-0.2, 0) is 5.41 Å². The van der Waals surface area contributed by atoms with Crippen molar-refractivity contribution in [2.24, 2.45) is 5.73 Å². The Morgan fingerprint density at radius 1 is 1.31 bits per heavy atom. The topological polar surface area (TPSA) is 54.7 Å². The SMILES string of the molecule is CC(C)(c1[nH]nc2ccccc12)C1(N)CC1. The predicted octanol–water partition coefficient (Wildman–Crippen LogP) is 2.33. The van der Waals surface area contributed by atoms with E-state index in [0.29, 0.717) is 0 Å². The van der Waals surface area contributed by atoms with Crippen LogP contribution >= 0.6 is 0 Å². The molecule has 1 aromatic carbocycles. The van der Waals surface area contributed by atoms with Crippen molar-refractivity contribution in [3.63, 3.8) is 0 Å². The highest BCUT2D eigenvalue weighted by molar-refractivity contribution is 5.82. The molecular weight excluding hydrogens is 198 g/mol. The molecule has 0 atom stereocenters. The second-order valence-electron chi connectivity index (χ2n) is 5.40. The number of aromatic nitrogens is 2. The van der Waals surface area contributed by atoms with Crippen LogP contribution in [0.2, 0.25) is 0 Å². The van der Waals surface area contributed by atoms with Gasteiger partial charge in [0, 0.05) is 16.3 Å². The van der Waals surface area contributed by atoms with Crippen molar-refractivity contribution < 1.29 is 0 Å². The molecule has 84 valence electrons. The number of nitrogens with zero attached hydrogens (tertiary/aromatic N) is 1. The molecule has 3 N–H and O–H groups in total. The van der Waals surface area contributed by atoms with E-state index in [4.69, 9.17) is 5.73 Å². The van der Waals surface area contributed by atoms with E-state index in [0.717, 1.165) is 18.4 Å². The minimum absolute atomic E-state index is 0.0386. The zero-order chi connectivity index (χ0) is 11.4. The third kappa shape index (κ3) is 1.15. The van der Waals surface area contributed by atoms with Gasteiger partial charge in [-0.25, -0.2) is 0 Å². The van der Waals surface area contributed by atoms with E-state index >= 15 is 0 Å². The van der Waals surface area contributed by atoms with Crippen LogP contribution in [0.25, 0.3) is 10.9 Å². The molecule has 0 aliphatic heterocycles. The van der Waals surface area contributed by atoms with Crippen molar-refractivity contribution in [1.29, 1.82) is 0 Å². The summed E-state index contributed by atoms with van der Waals surface area (Å²) in [6.45, 7) is 4.42. The third-order valence-electron chi connectivity index (χ3n) is 4.12. The van der Waals surface area contributed by atoms with Crippen LogP contribution in [0.1, 0.15) is 32.4 Å². The third-order valence-corrected chi connectivity index (χ3v) is 4.12. The highest BCUT2D eigenvalue weighted by atomic mass is 15.1. The molecule has 16 heavy (non-hydrogen) atoms. The zero-order valence-corrected chi connectivity index (χ0v) is 9.75. The van der Waals surface area contributed by atoms with Gasteiger partial charge in [0.05, 0.1) is 11.2 Å². The number of benzene rings is 1. The van der Waals surface area contributed by atoms with Gasteiger partial charge in [-0.15, -0.1) is 0 Å². The Balaban J connectivity index is 2.19. The quantitative estimate of drug-likeness (QED) is 0.807. The number of fused-ring (bicyclic) bond motifs is 1. The van der Waals surface area contributed by atoms with Gasteiger partial charge in [0.1, 0.15) is 0 Å². The second kappa shape index (κ2) is 2.86. The summed E-state index contributed by atoms with van der Waals surface area (Å²) in [5.74, 6) is 0. The summed E-state index contributed by atoms with van der Waals surface area (Å²) in [6.07, 6.45) is 2.21. The Morgan fingerprint density at radius 3 is 2.69 bits per heavy atom. The lowest BCUT2D eigenvalue weighted by Crippen LogP contribution is -2.43. The van der Waals surface area contributed by atoms with Crippen LogP contribution in [0.5, 0.6) is 0 Å². The standard InChI is InChI=1S/C13H17N3/c1-12(2,13(14)7-8-13)11-9-5-3-4-6-10(9)15-16-11/h3-6H,7-8,14H2,1-2H3,(H,15,16). The number of rotatable bonds is 2. The molecule has 0 saturated heterocycles. The number of hydrogen-bond donors (Lipinski definition) is 2. The Labute approximate surface area is 95.0 Å². The molecule has 0 bridgehead atoms. The number of aromatic amines is 1. The van der Waals surface area contributed by atoms with Gasteiger partial charge in [0.2, 0.25) is 0 Å². The van der Waals surface area contributed by atoms with Gasteiger partial charge in [-0.1, -0.05) is 32.0 Å². The number of nitrogens with two attached hydrogens (primary N) is 1. The van der Waals surface area contributed by atoms with Crippen LogP contribution in [0.4, 0.5) is 0 Å². The van der Waals surface area contributed by atoms with Gasteiger partial charge >= 0.3 is 0 Å². The molecule has 1 fully saturated rings. The van der Waals surface area contributed by atoms with Crippen molar-refractivity contribution in [3.05, 3.63) is 30.0 Å². The number of para-hydroxylation sites is 1. The second-order valence-corrected chi connectivity index (χ2v) is 5.40. The number of hydrogen-bond acceptors (Lipinski definition) is 2. The van der Waals surface area contributed by atoms with Crippen LogP contribution < -0.4 is 5.73 Å². The first-order valence-electron chi connectivity index (χ1n) is 5.77. The highest BCUT2D eigenvalue weighted by Crippen LogP contribution is 2.49. The zero-order valence-electron chi connectivity index (χ0n) is 9.75. The maximum atomic E-state index is 6.36. The lowest BCUT2D eigenvalue weighted by molar-refractivity contribution is 0.383. The van der Waals surface area contributed by atoms with E-state index in [-0.39, 0.29) is 11.0 Å². The molecule has 3 rings (SSSR count). The van der Waals surface area contributed by atoms with Crippen molar-refractivity contribution in [2.45, 2.75) is 37.6 Å². The van der Waals surface area contributed by atoms with Crippen molar-refractivity contribution >= 4 is 10.9 Å². The summed E-state index contributed by atoms with van der Waals surface area (Å²) in [7, 11) is 0. The summed E-state index contributed by atoms with van der Waals surface area (Å²) in [4.78, 5) is 0. The van der Waals surface area contributed by atoms with Crippen molar-refractivity contribution in [3.8, 4) is 0 Å². The Morgan fingerprint density at radius 2 is 2.00 bits per heavy atom. The normalized spacial score (nSPS) is 18.9. The molecule has 0 spiro atoms. The summed E-state index contributed by atoms with van der Waals surface area (Å²) < 4.78 is 0. The monoisotopic (exact) mass is 215 g/mol. The van der Waals surface area contributed by atoms with E-state index in [1.807, 2.05) is 18.2 Å². The van der Waals surface area contributed by atoms with Gasteiger partial charge in [0.25, 0.3) is 0 Å². The number of nitrogens with one attached hydrogen (secondary N) is 1. The molecule has 1 heterocycles. The first-order chi connectivity index (χ1) is 7.55. The van der Waals surface area contributed by atoms with Gasteiger partial charge in [-0.2, -0.15) is 5.10 Å². The molecule has 2 aromatic rings. The molecule has 1 aliphatic rings. The maximum absolute atomic E-state index is 6.36. The molecule has 0 amide bonds. The lowest BCUT2D eigenvalue weighted by atomic mass is 9.78. The van der Waals surface area contributed by atoms with Gasteiger partial charge < -0.3 is 5.73 Å². The smallest absolute Gasteiger partial charge is 0.0923 e. The Kier molecular flexibility index (Phi) is 1.76. The summed E-state index contributed by atoms with van der Waals surface area (Å²) in [5.41, 5.74) is 8.46. The molecule has 1 aliphatic carbocycles. The van der Waals surface area contributed by atoms with Crippen molar-refractivity contribution in [2.75, 3.05) is 0 Å². The predicted molar refractivity (Wildman–Crippen MR) is 65.3 cm³/mol. The van der Waals surface area contributed by atoms with Crippen LogP contribution in [0, 0.1) is 0 Å². The summed E-state index contributed by atoms with van der Waals surface area (Å²) in [6, 6.07) is 8.20. The fourth-order valence-corrected chi connectivity index (χ4v) is 2.44. The average molecular weight is 215 g/mol. The van der Waals surface area contributed by atoms with E-state index in [2.05, 4.69) is 30.1 Å². The largest absolute Gasteiger partial charge is 0.324 e. The molecular formula is C13H17N3. The van der Waals surface area contributed by atoms with E-state index in [9.17, 15) is 0 Å². The van der Waals surface area contributed by atoms with E-state index < -0.39 is 0 Å². The Bertz CT molecular complexity index is 535. The van der Waals surface area contributed by atoms with Gasteiger partial charge in [-0.05, 0) is 18.9 Å². The molecule has 3 nitrogen and oxygen atoms in total. The minimum Gasteiger partial charge on any atom is -0.324 e. The molecule has 0 radical (unpaired) electrons. The first-order valence-corrected chi connectivity index (χ1v) is 5.77. The summed E-state index contributed by atoms with van der Waals surface area (Å²) >= 11 is 0. The Hall–Kier alpha value is -1.35. The fourth-order valence-electron chi connectivity index (χ4n) is 2.44. The average Bonchev–Trinajstić information content (AvgIpc) is 2.88. The first kappa shape index (κ1) is 9.85. The van der Waals surface area contributed by atoms with Crippen LogP contribution in [0.3, 0.4) is 0 Å². The van der Waals surface area contributed by atoms with Crippen LogP contribution in [-0.4, -0.2) is 15.7 Å². The molecule has 0 unspecified atom stereocenters. The molecule has 1 aromatic heterocycles. The van der Waals surface area contributed by atoms with Crippen LogP contribution in [0.15, 0.2) is 24.3 Å². The minimum atomic E-state index is -0.0533. The van der Waals surface area contributed by atoms with Gasteiger partial charge in [0.15, 0.2) is 0 Å². The lowest BCUT2D eigenvalue weighted by Gasteiger charge is -2.31. The molecule has 3 heteroatoms. The van der Waals surface area contributed by atoms with Gasteiger partial charge in [-0.3, -0.25) is 5.10 Å². The van der Waals surface area contributed by atoms with E-state index in [1.54, 1.807) is 0 Å². The molecule has 1 saturated carbocycles. The highest BCUT2D eigenvalue weighted by Gasteiger charge is 2.53. The maximum Gasteiger partial charge on any atom is 0.0923 e. The van der Waals surface area contributed by atoms with Crippen molar-refractivity contribution in [1.82, 2.24) is 10.2 Å². The fraction of sp³-hybridized carbons (Fsp3) is 0.462. The number of H-pyrrole nitrogens is 1. The van der Waals surface area contributed by atoms with E-state index in [1.165, 1.54) is 11.1 Å².